The van der Waals surface area contributed by atoms with Crippen LogP contribution in [0.25, 0.3) is 0 Å². The number of hydrogen-bond donors (Lipinski definition) is 2. The molecule has 76 valence electrons. The molecule has 3 nitrogen and oxygen atoms in total. The van der Waals surface area contributed by atoms with Crippen LogP contribution >= 0.6 is 0 Å². The van der Waals surface area contributed by atoms with E-state index in [-0.39, 0.29) is 11.8 Å². The zero-order valence-corrected chi connectivity index (χ0v) is 8.58. The van der Waals surface area contributed by atoms with Crippen LogP contribution in [0.5, 0.6) is 0 Å². The fourth-order valence-corrected chi connectivity index (χ4v) is 1.08. The summed E-state index contributed by atoms with van der Waals surface area (Å²) in [7, 11) is 0. The molecule has 1 amide bonds. The number of carbonyl (C=O) groups is 1. The van der Waals surface area contributed by atoms with E-state index in [1.807, 2.05) is 38.1 Å². The summed E-state index contributed by atoms with van der Waals surface area (Å²) in [5, 5.41) is 2.84. The number of para-hydroxylation sites is 1. The minimum absolute atomic E-state index is 0.0261. The summed E-state index contributed by atoms with van der Waals surface area (Å²) >= 11 is 0. The average molecular weight is 192 g/mol. The first-order chi connectivity index (χ1) is 6.65. The molecular weight excluding hydrogens is 176 g/mol. The maximum Gasteiger partial charge on any atom is 0.228 e. The van der Waals surface area contributed by atoms with Crippen molar-refractivity contribution in [3.63, 3.8) is 0 Å². The highest BCUT2D eigenvalue weighted by molar-refractivity contribution is 5.93. The van der Waals surface area contributed by atoms with Crippen molar-refractivity contribution in [1.82, 2.24) is 0 Å². The number of nitrogens with one attached hydrogen (secondary N) is 1. The van der Waals surface area contributed by atoms with Crippen LogP contribution in [0.15, 0.2) is 24.3 Å². The summed E-state index contributed by atoms with van der Waals surface area (Å²) in [5.41, 5.74) is 7.32. The second-order valence-corrected chi connectivity index (χ2v) is 3.44. The van der Waals surface area contributed by atoms with Crippen molar-refractivity contribution in [2.75, 3.05) is 11.9 Å². The van der Waals surface area contributed by atoms with Crippen LogP contribution in [0, 0.1) is 12.8 Å². The van der Waals surface area contributed by atoms with Gasteiger partial charge in [0.2, 0.25) is 5.91 Å². The largest absolute Gasteiger partial charge is 0.330 e. The first-order valence-corrected chi connectivity index (χ1v) is 4.71. The van der Waals surface area contributed by atoms with Gasteiger partial charge in [0.05, 0.1) is 0 Å². The number of amides is 1. The highest BCUT2D eigenvalue weighted by Crippen LogP contribution is 2.13. The molecule has 0 saturated heterocycles. The minimum Gasteiger partial charge on any atom is -0.330 e. The van der Waals surface area contributed by atoms with E-state index >= 15 is 0 Å². The maximum atomic E-state index is 11.5. The van der Waals surface area contributed by atoms with Crippen molar-refractivity contribution < 1.29 is 4.79 Å². The number of aryl methyl sites for hydroxylation is 1. The Morgan fingerprint density at radius 3 is 2.71 bits per heavy atom. The summed E-state index contributed by atoms with van der Waals surface area (Å²) in [5.74, 6) is -0.170. The van der Waals surface area contributed by atoms with E-state index in [1.165, 1.54) is 0 Å². The van der Waals surface area contributed by atoms with E-state index in [2.05, 4.69) is 5.32 Å². The molecule has 1 atom stereocenters. The van der Waals surface area contributed by atoms with Crippen molar-refractivity contribution >= 4 is 11.6 Å². The first-order valence-electron chi connectivity index (χ1n) is 4.71. The summed E-state index contributed by atoms with van der Waals surface area (Å²) in [4.78, 5) is 11.5. The van der Waals surface area contributed by atoms with Crippen LogP contribution < -0.4 is 11.1 Å². The fraction of sp³-hybridized carbons (Fsp3) is 0.364. The van der Waals surface area contributed by atoms with E-state index in [0.717, 1.165) is 11.3 Å². The van der Waals surface area contributed by atoms with Crippen molar-refractivity contribution in [3.8, 4) is 0 Å². The van der Waals surface area contributed by atoms with Gasteiger partial charge in [-0.05, 0) is 18.6 Å². The Balaban J connectivity index is 2.70. The van der Waals surface area contributed by atoms with Crippen molar-refractivity contribution in [3.05, 3.63) is 29.8 Å². The molecule has 0 fully saturated rings. The molecule has 1 aromatic carbocycles. The third kappa shape index (κ3) is 2.57. The Hall–Kier alpha value is -1.35. The molecular formula is C11H16N2O. The van der Waals surface area contributed by atoms with Crippen LogP contribution in [0.2, 0.25) is 0 Å². The highest BCUT2D eigenvalue weighted by atomic mass is 16.1. The molecule has 1 aromatic rings. The lowest BCUT2D eigenvalue weighted by Crippen LogP contribution is -2.26. The predicted octanol–water partition coefficient (Wildman–Crippen LogP) is 1.53. The van der Waals surface area contributed by atoms with E-state index < -0.39 is 0 Å². The van der Waals surface area contributed by atoms with E-state index in [9.17, 15) is 4.79 Å². The summed E-state index contributed by atoms with van der Waals surface area (Å²) in [6, 6.07) is 7.69. The lowest BCUT2D eigenvalue weighted by Gasteiger charge is -2.11. The van der Waals surface area contributed by atoms with Crippen molar-refractivity contribution in [1.29, 1.82) is 0 Å². The molecule has 0 aliphatic heterocycles. The van der Waals surface area contributed by atoms with Crippen molar-refractivity contribution in [2.45, 2.75) is 13.8 Å². The maximum absolute atomic E-state index is 11.5. The Labute approximate surface area is 84.3 Å². The minimum atomic E-state index is -0.144. The molecule has 3 N–H and O–H groups in total. The van der Waals surface area contributed by atoms with Gasteiger partial charge in [-0.3, -0.25) is 4.79 Å². The lowest BCUT2D eigenvalue weighted by molar-refractivity contribution is -0.119. The third-order valence-electron chi connectivity index (χ3n) is 2.20. The Kier molecular flexibility index (Phi) is 3.65. The Morgan fingerprint density at radius 1 is 1.50 bits per heavy atom. The van der Waals surface area contributed by atoms with Gasteiger partial charge in [0.25, 0.3) is 0 Å². The molecule has 14 heavy (non-hydrogen) atoms. The lowest BCUT2D eigenvalue weighted by atomic mass is 10.1. The van der Waals surface area contributed by atoms with Crippen LogP contribution in [0.3, 0.4) is 0 Å². The molecule has 0 aromatic heterocycles. The van der Waals surface area contributed by atoms with Gasteiger partial charge in [0.15, 0.2) is 0 Å². The quantitative estimate of drug-likeness (QED) is 0.763. The molecule has 1 rings (SSSR count). The van der Waals surface area contributed by atoms with Crippen molar-refractivity contribution in [2.24, 2.45) is 11.7 Å². The molecule has 0 radical (unpaired) electrons. The van der Waals surface area contributed by atoms with Crippen LogP contribution in [0.1, 0.15) is 12.5 Å². The standard InChI is InChI=1S/C11H16N2O/c1-8-5-3-4-6-10(8)13-11(14)9(2)7-12/h3-6,9H,7,12H2,1-2H3,(H,13,14). The molecule has 0 heterocycles. The number of anilines is 1. The molecule has 0 aliphatic rings. The molecule has 3 heteroatoms. The van der Waals surface area contributed by atoms with Crippen LogP contribution in [-0.2, 0) is 4.79 Å². The average Bonchev–Trinajstić information content (AvgIpc) is 2.20. The summed E-state index contributed by atoms with van der Waals surface area (Å²) in [6.45, 7) is 4.15. The topological polar surface area (TPSA) is 55.1 Å². The predicted molar refractivity (Wildman–Crippen MR) is 58.0 cm³/mol. The van der Waals surface area contributed by atoms with Gasteiger partial charge < -0.3 is 11.1 Å². The van der Waals surface area contributed by atoms with Gasteiger partial charge in [-0.2, -0.15) is 0 Å². The van der Waals surface area contributed by atoms with E-state index in [0.29, 0.717) is 6.54 Å². The van der Waals surface area contributed by atoms with Gasteiger partial charge in [-0.1, -0.05) is 25.1 Å². The third-order valence-corrected chi connectivity index (χ3v) is 2.20. The highest BCUT2D eigenvalue weighted by Gasteiger charge is 2.11. The monoisotopic (exact) mass is 192 g/mol. The summed E-state index contributed by atoms with van der Waals surface area (Å²) in [6.07, 6.45) is 0. The fourth-order valence-electron chi connectivity index (χ4n) is 1.08. The van der Waals surface area contributed by atoms with Gasteiger partial charge >= 0.3 is 0 Å². The SMILES string of the molecule is Cc1ccccc1NC(=O)C(C)CN. The summed E-state index contributed by atoms with van der Waals surface area (Å²) < 4.78 is 0. The van der Waals surface area contributed by atoms with Gasteiger partial charge in [-0.25, -0.2) is 0 Å². The molecule has 0 spiro atoms. The van der Waals surface area contributed by atoms with Crippen LogP contribution in [-0.4, -0.2) is 12.5 Å². The second kappa shape index (κ2) is 4.77. The first kappa shape index (κ1) is 10.7. The molecule has 0 aliphatic carbocycles. The van der Waals surface area contributed by atoms with E-state index in [1.54, 1.807) is 0 Å². The number of hydrogen-bond acceptors (Lipinski definition) is 2. The molecule has 1 unspecified atom stereocenters. The number of benzene rings is 1. The Morgan fingerprint density at radius 2 is 2.14 bits per heavy atom. The normalized spacial score (nSPS) is 12.2. The smallest absolute Gasteiger partial charge is 0.228 e. The van der Waals surface area contributed by atoms with Crippen LogP contribution in [0.4, 0.5) is 5.69 Å². The van der Waals surface area contributed by atoms with Gasteiger partial charge in [-0.15, -0.1) is 0 Å². The number of carbonyl (C=O) groups excluding carboxylic acids is 1. The molecule has 0 saturated carbocycles. The number of nitrogens with two attached hydrogens (primary N) is 1. The van der Waals surface area contributed by atoms with Gasteiger partial charge in [0.1, 0.15) is 0 Å². The Bertz CT molecular complexity index is 323. The zero-order chi connectivity index (χ0) is 10.6. The van der Waals surface area contributed by atoms with E-state index in [4.69, 9.17) is 5.73 Å². The zero-order valence-electron chi connectivity index (χ0n) is 8.58. The molecule has 0 bridgehead atoms. The number of rotatable bonds is 3. The second-order valence-electron chi connectivity index (χ2n) is 3.44. The van der Waals surface area contributed by atoms with Gasteiger partial charge in [0, 0.05) is 18.2 Å².